The summed E-state index contributed by atoms with van der Waals surface area (Å²) in [6.45, 7) is 1.37. The zero-order valence-corrected chi connectivity index (χ0v) is 19.2. The Kier molecular flexibility index (Phi) is 6.48. The molecule has 0 radical (unpaired) electrons. The molecule has 1 saturated heterocycles. The predicted octanol–water partition coefficient (Wildman–Crippen LogP) is 4.77. The number of hydrogen-bond donors (Lipinski definition) is 1. The number of carbonyl (C=O) groups is 2. The zero-order valence-electron chi connectivity index (χ0n) is 19.2. The largest absolute Gasteiger partial charge is 0.323 e. The van der Waals surface area contributed by atoms with Gasteiger partial charge < -0.3 is 10.2 Å². The summed E-state index contributed by atoms with van der Waals surface area (Å²) in [6, 6.07) is 21.3. The molecule has 2 aromatic carbocycles. The van der Waals surface area contributed by atoms with Crippen molar-refractivity contribution in [1.29, 1.82) is 0 Å². The highest BCUT2D eigenvalue weighted by atomic mass is 16.2. The molecule has 5 rings (SSSR count). The van der Waals surface area contributed by atoms with E-state index in [1.165, 1.54) is 6.08 Å². The summed E-state index contributed by atoms with van der Waals surface area (Å²) in [4.78, 5) is 30.5. The molecule has 4 aromatic rings. The standard InChI is InChI=1S/C28H25N5O2/c34-26(30-24-11-13-25(14-12-24)33-17-5-9-27(33)35)15-10-23-20-32(19-21-6-2-1-3-7-21)31-28(23)22-8-4-16-29-18-22/h1-4,6-8,10-16,18,20H,5,9,17,19H2,(H,30,34). The first-order chi connectivity index (χ1) is 17.2. The topological polar surface area (TPSA) is 80.1 Å². The number of carbonyl (C=O) groups excluding carboxylic acids is 2. The van der Waals surface area contributed by atoms with Crippen LogP contribution in [-0.4, -0.2) is 33.1 Å². The van der Waals surface area contributed by atoms with Crippen molar-refractivity contribution >= 4 is 29.3 Å². The number of benzene rings is 2. The fourth-order valence-corrected chi connectivity index (χ4v) is 4.13. The number of pyridine rings is 1. The number of anilines is 2. The second-order valence-corrected chi connectivity index (χ2v) is 8.38. The van der Waals surface area contributed by atoms with Gasteiger partial charge in [0.1, 0.15) is 5.69 Å². The summed E-state index contributed by atoms with van der Waals surface area (Å²) in [5.41, 5.74) is 5.13. The van der Waals surface area contributed by atoms with E-state index in [1.807, 2.05) is 65.5 Å². The third-order valence-corrected chi connectivity index (χ3v) is 5.85. The smallest absolute Gasteiger partial charge is 0.248 e. The summed E-state index contributed by atoms with van der Waals surface area (Å²) in [5, 5.41) is 7.63. The second kappa shape index (κ2) is 10.2. The van der Waals surface area contributed by atoms with Crippen LogP contribution in [0.4, 0.5) is 11.4 Å². The van der Waals surface area contributed by atoms with E-state index in [-0.39, 0.29) is 11.8 Å². The first-order valence-corrected chi connectivity index (χ1v) is 11.6. The maximum Gasteiger partial charge on any atom is 0.248 e. The van der Waals surface area contributed by atoms with Crippen LogP contribution >= 0.6 is 0 Å². The number of rotatable bonds is 7. The van der Waals surface area contributed by atoms with Gasteiger partial charge in [-0.05, 0) is 54.5 Å². The third kappa shape index (κ3) is 5.35. The number of aromatic nitrogens is 3. The van der Waals surface area contributed by atoms with Gasteiger partial charge in [0.2, 0.25) is 11.8 Å². The van der Waals surface area contributed by atoms with E-state index in [9.17, 15) is 9.59 Å². The Morgan fingerprint density at radius 1 is 1.03 bits per heavy atom. The molecule has 0 atom stereocenters. The molecular formula is C28H25N5O2. The van der Waals surface area contributed by atoms with E-state index >= 15 is 0 Å². The van der Waals surface area contributed by atoms with Crippen molar-refractivity contribution < 1.29 is 9.59 Å². The van der Waals surface area contributed by atoms with Gasteiger partial charge >= 0.3 is 0 Å². The summed E-state index contributed by atoms with van der Waals surface area (Å²) in [7, 11) is 0. The highest BCUT2D eigenvalue weighted by Crippen LogP contribution is 2.24. The fraction of sp³-hybridized carbons (Fsp3) is 0.143. The van der Waals surface area contributed by atoms with Crippen molar-refractivity contribution in [3.8, 4) is 11.3 Å². The van der Waals surface area contributed by atoms with Crippen molar-refractivity contribution in [2.24, 2.45) is 0 Å². The van der Waals surface area contributed by atoms with Gasteiger partial charge in [-0.15, -0.1) is 0 Å². The van der Waals surface area contributed by atoms with E-state index in [1.54, 1.807) is 23.4 Å². The Balaban J connectivity index is 1.31. The molecule has 0 bridgehead atoms. The molecule has 3 heterocycles. The summed E-state index contributed by atoms with van der Waals surface area (Å²) >= 11 is 0. The van der Waals surface area contributed by atoms with Crippen LogP contribution in [0, 0.1) is 0 Å². The zero-order chi connectivity index (χ0) is 24.0. The number of nitrogens with one attached hydrogen (secondary N) is 1. The minimum atomic E-state index is -0.247. The first kappa shape index (κ1) is 22.3. The van der Waals surface area contributed by atoms with Crippen molar-refractivity contribution in [2.75, 3.05) is 16.8 Å². The van der Waals surface area contributed by atoms with E-state index in [0.717, 1.165) is 41.0 Å². The van der Waals surface area contributed by atoms with Gasteiger partial charge in [-0.3, -0.25) is 19.3 Å². The van der Waals surface area contributed by atoms with Crippen molar-refractivity contribution in [3.05, 3.63) is 103 Å². The summed E-state index contributed by atoms with van der Waals surface area (Å²) in [6.07, 6.45) is 10.2. The molecule has 0 aliphatic carbocycles. The van der Waals surface area contributed by atoms with Crippen LogP contribution in [0.3, 0.4) is 0 Å². The first-order valence-electron chi connectivity index (χ1n) is 11.6. The Morgan fingerprint density at radius 2 is 1.86 bits per heavy atom. The Morgan fingerprint density at radius 3 is 2.57 bits per heavy atom. The lowest BCUT2D eigenvalue weighted by atomic mass is 10.1. The van der Waals surface area contributed by atoms with E-state index in [0.29, 0.717) is 18.7 Å². The Hall–Kier alpha value is -4.52. The SMILES string of the molecule is O=C(C=Cc1cn(Cc2ccccc2)nc1-c1cccnc1)Nc1ccc(N2CCCC2=O)cc1. The second-order valence-electron chi connectivity index (χ2n) is 8.38. The molecule has 1 aliphatic heterocycles. The molecule has 7 nitrogen and oxygen atoms in total. The van der Waals surface area contributed by atoms with Crippen LogP contribution in [0.25, 0.3) is 17.3 Å². The molecule has 1 N–H and O–H groups in total. The molecule has 0 unspecified atom stereocenters. The summed E-state index contributed by atoms with van der Waals surface area (Å²) in [5.74, 6) is -0.107. The molecule has 1 fully saturated rings. The minimum Gasteiger partial charge on any atom is -0.323 e. The van der Waals surface area contributed by atoms with Gasteiger partial charge in [0.25, 0.3) is 0 Å². The van der Waals surface area contributed by atoms with E-state index < -0.39 is 0 Å². The molecule has 1 aliphatic rings. The van der Waals surface area contributed by atoms with E-state index in [2.05, 4.69) is 22.4 Å². The summed E-state index contributed by atoms with van der Waals surface area (Å²) < 4.78 is 1.87. The van der Waals surface area contributed by atoms with Gasteiger partial charge in [-0.1, -0.05) is 30.3 Å². The molecule has 35 heavy (non-hydrogen) atoms. The maximum absolute atomic E-state index is 12.6. The molecule has 0 spiro atoms. The quantitative estimate of drug-likeness (QED) is 0.400. The molecule has 0 saturated carbocycles. The lowest BCUT2D eigenvalue weighted by molar-refractivity contribution is -0.117. The lowest BCUT2D eigenvalue weighted by Gasteiger charge is -2.15. The van der Waals surface area contributed by atoms with Crippen LogP contribution < -0.4 is 10.2 Å². The Bertz CT molecular complexity index is 1350. The average molecular weight is 464 g/mol. The molecule has 174 valence electrons. The fourth-order valence-electron chi connectivity index (χ4n) is 4.13. The number of hydrogen-bond acceptors (Lipinski definition) is 4. The minimum absolute atomic E-state index is 0.141. The third-order valence-electron chi connectivity index (χ3n) is 5.85. The molecule has 2 amide bonds. The van der Waals surface area contributed by atoms with Crippen molar-refractivity contribution in [2.45, 2.75) is 19.4 Å². The van der Waals surface area contributed by atoms with Crippen molar-refractivity contribution in [1.82, 2.24) is 14.8 Å². The number of amides is 2. The van der Waals surface area contributed by atoms with Gasteiger partial charge in [-0.25, -0.2) is 0 Å². The van der Waals surface area contributed by atoms with Gasteiger partial charge in [0.05, 0.1) is 6.54 Å². The van der Waals surface area contributed by atoms with Gasteiger partial charge in [-0.2, -0.15) is 5.10 Å². The highest BCUT2D eigenvalue weighted by Gasteiger charge is 2.21. The predicted molar refractivity (Wildman–Crippen MR) is 137 cm³/mol. The molecular weight excluding hydrogens is 438 g/mol. The number of nitrogens with zero attached hydrogens (tertiary/aromatic N) is 4. The van der Waals surface area contributed by atoms with Crippen LogP contribution in [-0.2, 0) is 16.1 Å². The van der Waals surface area contributed by atoms with Crippen LogP contribution in [0.15, 0.2) is 91.4 Å². The van der Waals surface area contributed by atoms with Crippen LogP contribution in [0.2, 0.25) is 0 Å². The average Bonchev–Trinajstić information content (AvgIpc) is 3.50. The van der Waals surface area contributed by atoms with Crippen LogP contribution in [0.5, 0.6) is 0 Å². The van der Waals surface area contributed by atoms with E-state index in [4.69, 9.17) is 5.10 Å². The van der Waals surface area contributed by atoms with Crippen LogP contribution in [0.1, 0.15) is 24.0 Å². The highest BCUT2D eigenvalue weighted by molar-refractivity contribution is 6.02. The lowest BCUT2D eigenvalue weighted by Crippen LogP contribution is -2.23. The maximum atomic E-state index is 12.6. The van der Waals surface area contributed by atoms with Crippen molar-refractivity contribution in [3.63, 3.8) is 0 Å². The molecule has 2 aromatic heterocycles. The molecule has 7 heteroatoms. The van der Waals surface area contributed by atoms with Gasteiger partial charge in [0, 0.05) is 60.1 Å². The monoisotopic (exact) mass is 463 g/mol. The Labute approximate surface area is 203 Å². The normalized spacial score (nSPS) is 13.5. The van der Waals surface area contributed by atoms with Gasteiger partial charge in [0.15, 0.2) is 0 Å².